The van der Waals surface area contributed by atoms with Crippen molar-refractivity contribution in [1.82, 2.24) is 0 Å². The van der Waals surface area contributed by atoms with Gasteiger partial charge < -0.3 is 19.5 Å². The van der Waals surface area contributed by atoms with Gasteiger partial charge in [-0.3, -0.25) is 14.4 Å². The summed E-state index contributed by atoms with van der Waals surface area (Å²) in [5.74, 6) is -2.23. The zero-order valence-corrected chi connectivity index (χ0v) is 19.5. The number of benzene rings is 3. The van der Waals surface area contributed by atoms with Crippen LogP contribution in [0.4, 0.5) is 11.4 Å². The van der Waals surface area contributed by atoms with Crippen LogP contribution in [-0.4, -0.2) is 43.9 Å². The second-order valence-corrected chi connectivity index (χ2v) is 7.71. The summed E-state index contributed by atoms with van der Waals surface area (Å²) in [5, 5.41) is 2.65. The van der Waals surface area contributed by atoms with Crippen LogP contribution in [0.2, 0.25) is 0 Å². The molecule has 0 saturated carbocycles. The summed E-state index contributed by atoms with van der Waals surface area (Å²) in [7, 11) is 2.34. The first-order chi connectivity index (χ1) is 17.2. The topological polar surface area (TPSA) is 128 Å². The number of methoxy groups -OCH3 is 2. The van der Waals surface area contributed by atoms with Crippen molar-refractivity contribution in [3.05, 3.63) is 82.9 Å². The van der Waals surface area contributed by atoms with Crippen molar-refractivity contribution in [2.24, 2.45) is 0 Å². The lowest BCUT2D eigenvalue weighted by Gasteiger charge is -2.16. The molecule has 10 heteroatoms. The Bertz CT molecular complexity index is 1380. The highest BCUT2D eigenvalue weighted by molar-refractivity contribution is 6.34. The highest BCUT2D eigenvalue weighted by Gasteiger charge is 2.38. The molecule has 0 bridgehead atoms. The molecule has 3 aromatic rings. The van der Waals surface area contributed by atoms with E-state index in [1.165, 1.54) is 51.5 Å². The largest absolute Gasteiger partial charge is 0.465 e. The number of amides is 3. The maximum Gasteiger partial charge on any atom is 0.337 e. The van der Waals surface area contributed by atoms with Crippen LogP contribution in [0.15, 0.2) is 60.7 Å². The van der Waals surface area contributed by atoms with E-state index >= 15 is 0 Å². The van der Waals surface area contributed by atoms with Crippen LogP contribution >= 0.6 is 0 Å². The zero-order valence-electron chi connectivity index (χ0n) is 19.5. The van der Waals surface area contributed by atoms with Crippen LogP contribution in [0.25, 0.3) is 0 Å². The van der Waals surface area contributed by atoms with Gasteiger partial charge in [-0.05, 0) is 60.7 Å². The smallest absolute Gasteiger partial charge is 0.337 e. The van der Waals surface area contributed by atoms with Gasteiger partial charge in [-0.25, -0.2) is 14.5 Å². The minimum Gasteiger partial charge on any atom is -0.465 e. The molecule has 3 aromatic carbocycles. The fourth-order valence-electron chi connectivity index (χ4n) is 3.68. The Labute approximate surface area is 205 Å². The van der Waals surface area contributed by atoms with Crippen molar-refractivity contribution in [3.63, 3.8) is 0 Å². The number of esters is 2. The van der Waals surface area contributed by atoms with Gasteiger partial charge in [-0.15, -0.1) is 0 Å². The molecule has 3 amide bonds. The van der Waals surface area contributed by atoms with Gasteiger partial charge in [0.25, 0.3) is 11.8 Å². The molecule has 0 saturated heterocycles. The Kier molecular flexibility index (Phi) is 6.51. The third kappa shape index (κ3) is 4.64. The summed E-state index contributed by atoms with van der Waals surface area (Å²) < 4.78 is 15.2. The van der Waals surface area contributed by atoms with E-state index < -0.39 is 23.8 Å². The van der Waals surface area contributed by atoms with Crippen molar-refractivity contribution in [1.29, 1.82) is 0 Å². The maximum atomic E-state index is 13.2. The van der Waals surface area contributed by atoms with E-state index in [0.717, 1.165) is 4.90 Å². The van der Waals surface area contributed by atoms with E-state index in [9.17, 15) is 24.0 Å². The van der Waals surface area contributed by atoms with Gasteiger partial charge in [-0.2, -0.15) is 0 Å². The third-order valence-electron chi connectivity index (χ3n) is 5.29. The predicted octanol–water partition coefficient (Wildman–Crippen LogP) is 3.81. The van der Waals surface area contributed by atoms with Crippen LogP contribution in [0.1, 0.15) is 48.4 Å². The number of fused-ring (bicyclic) bond motifs is 1. The van der Waals surface area contributed by atoms with Crippen molar-refractivity contribution in [2.45, 2.75) is 6.92 Å². The lowest BCUT2D eigenvalue weighted by molar-refractivity contribution is -0.114. The summed E-state index contributed by atoms with van der Waals surface area (Å²) in [5.41, 5.74) is 0.783. The Hall–Kier alpha value is -4.99. The lowest BCUT2D eigenvalue weighted by Crippen LogP contribution is -2.30. The number of carbonyl (C=O) groups is 5. The highest BCUT2D eigenvalue weighted by Crippen LogP contribution is 2.33. The van der Waals surface area contributed by atoms with Crippen molar-refractivity contribution in [2.75, 3.05) is 24.4 Å². The first-order valence-electron chi connectivity index (χ1n) is 10.6. The van der Waals surface area contributed by atoms with Gasteiger partial charge >= 0.3 is 11.9 Å². The summed E-state index contributed by atoms with van der Waals surface area (Å²) in [4.78, 5) is 62.6. The van der Waals surface area contributed by atoms with E-state index in [1.54, 1.807) is 30.3 Å². The van der Waals surface area contributed by atoms with Crippen LogP contribution in [-0.2, 0) is 14.3 Å². The number of nitrogens with zero attached hydrogens (tertiary/aromatic N) is 1. The first kappa shape index (κ1) is 24.1. The minimum absolute atomic E-state index is 0.0144. The number of nitrogens with one attached hydrogen (secondary N) is 1. The van der Waals surface area contributed by atoms with Crippen molar-refractivity contribution in [3.8, 4) is 11.5 Å². The molecule has 0 aliphatic carbocycles. The summed E-state index contributed by atoms with van der Waals surface area (Å²) in [6.07, 6.45) is 0. The Morgan fingerprint density at radius 2 is 1.28 bits per heavy atom. The summed E-state index contributed by atoms with van der Waals surface area (Å²) in [6, 6.07) is 14.9. The first-order valence-corrected chi connectivity index (χ1v) is 10.6. The number of hydrogen-bond donors (Lipinski definition) is 1. The molecule has 0 radical (unpaired) electrons. The normalized spacial score (nSPS) is 12.1. The SMILES string of the molecule is COC(=O)c1cc(C(=O)OC)cc(N2C(=O)c3ccc(Oc4ccc(NC(C)=O)cc4)cc3C2=O)c1. The Balaban J connectivity index is 1.64. The monoisotopic (exact) mass is 488 g/mol. The Morgan fingerprint density at radius 3 is 1.83 bits per heavy atom. The second kappa shape index (κ2) is 9.71. The summed E-state index contributed by atoms with van der Waals surface area (Å²) in [6.45, 7) is 1.40. The molecule has 1 N–H and O–H groups in total. The molecule has 0 atom stereocenters. The predicted molar refractivity (Wildman–Crippen MR) is 128 cm³/mol. The lowest BCUT2D eigenvalue weighted by atomic mass is 10.1. The molecule has 0 spiro atoms. The van der Waals surface area contributed by atoms with Gasteiger partial charge in [0.15, 0.2) is 0 Å². The van der Waals surface area contributed by atoms with Crippen LogP contribution in [0.3, 0.4) is 0 Å². The fraction of sp³-hybridized carbons (Fsp3) is 0.115. The van der Waals surface area contributed by atoms with Crippen LogP contribution in [0, 0.1) is 0 Å². The quantitative estimate of drug-likeness (QED) is 0.410. The number of hydrogen-bond acceptors (Lipinski definition) is 8. The molecule has 10 nitrogen and oxygen atoms in total. The molecule has 0 unspecified atom stereocenters. The second-order valence-electron chi connectivity index (χ2n) is 7.71. The molecule has 1 aliphatic heterocycles. The van der Waals surface area contributed by atoms with Gasteiger partial charge in [0.2, 0.25) is 5.91 Å². The van der Waals surface area contributed by atoms with E-state index in [4.69, 9.17) is 14.2 Å². The molecule has 4 rings (SSSR count). The molecule has 1 aliphatic rings. The van der Waals surface area contributed by atoms with E-state index in [-0.39, 0.29) is 33.8 Å². The molecule has 1 heterocycles. The molecule has 0 fully saturated rings. The van der Waals surface area contributed by atoms with Crippen molar-refractivity contribution >= 4 is 41.0 Å². The van der Waals surface area contributed by atoms with Crippen LogP contribution < -0.4 is 15.0 Å². The zero-order chi connectivity index (χ0) is 26.0. The maximum absolute atomic E-state index is 13.2. The van der Waals surface area contributed by atoms with Crippen LogP contribution in [0.5, 0.6) is 11.5 Å². The van der Waals surface area contributed by atoms with Crippen molar-refractivity contribution < 1.29 is 38.2 Å². The molecule has 0 aromatic heterocycles. The molecular formula is C26H20N2O8. The third-order valence-corrected chi connectivity index (χ3v) is 5.29. The van der Waals surface area contributed by atoms with Gasteiger partial charge in [0.1, 0.15) is 11.5 Å². The van der Waals surface area contributed by atoms with E-state index in [0.29, 0.717) is 17.2 Å². The molecule has 182 valence electrons. The summed E-state index contributed by atoms with van der Waals surface area (Å²) >= 11 is 0. The highest BCUT2D eigenvalue weighted by atomic mass is 16.5. The number of carbonyl (C=O) groups excluding carboxylic acids is 5. The fourth-order valence-corrected chi connectivity index (χ4v) is 3.68. The number of ether oxygens (including phenoxy) is 3. The van der Waals surface area contributed by atoms with Gasteiger partial charge in [-0.1, -0.05) is 0 Å². The standard InChI is InChI=1S/C26H20N2O8/c1-14(29)27-17-4-6-19(7-5-17)36-20-8-9-21-22(13-20)24(31)28(23(21)30)18-11-15(25(32)34-2)10-16(12-18)26(33)35-3/h4-13H,1-3H3,(H,27,29). The average Bonchev–Trinajstić information content (AvgIpc) is 3.12. The number of rotatable bonds is 6. The molecule has 36 heavy (non-hydrogen) atoms. The Morgan fingerprint density at radius 1 is 0.722 bits per heavy atom. The number of imide groups is 1. The van der Waals surface area contributed by atoms with E-state index in [1.807, 2.05) is 0 Å². The average molecular weight is 488 g/mol. The minimum atomic E-state index is -0.751. The molecular weight excluding hydrogens is 468 g/mol. The number of anilines is 2. The van der Waals surface area contributed by atoms with Gasteiger partial charge in [0, 0.05) is 12.6 Å². The van der Waals surface area contributed by atoms with Gasteiger partial charge in [0.05, 0.1) is 42.2 Å². The van der Waals surface area contributed by atoms with E-state index in [2.05, 4.69) is 5.32 Å².